The lowest BCUT2D eigenvalue weighted by atomic mass is 10.3. The van der Waals surface area contributed by atoms with Gasteiger partial charge in [-0.1, -0.05) is 42.0 Å². The molecule has 0 fully saturated rings. The maximum absolute atomic E-state index is 2.44. The molecule has 0 aromatic heterocycles. The quantitative estimate of drug-likeness (QED) is 0.589. The molecular weight excluding hydrogens is 283 g/mol. The van der Waals surface area contributed by atoms with E-state index in [0.717, 1.165) is 6.16 Å². The molecular formula is C18H22ClP. The Morgan fingerprint density at radius 3 is 1.60 bits per heavy atom. The number of benzene rings is 2. The van der Waals surface area contributed by atoms with Crippen molar-refractivity contribution in [3.05, 3.63) is 72.3 Å². The first-order chi connectivity index (χ1) is 9.13. The molecule has 0 spiro atoms. The molecule has 0 amide bonds. The molecule has 0 aliphatic rings. The first-order valence-electron chi connectivity index (χ1n) is 6.73. The summed E-state index contributed by atoms with van der Waals surface area (Å²) in [5.74, 6) is 0. The van der Waals surface area contributed by atoms with Crippen molar-refractivity contribution in [2.45, 2.75) is 13.8 Å². The van der Waals surface area contributed by atoms with Crippen LogP contribution in [0.1, 0.15) is 13.8 Å². The van der Waals surface area contributed by atoms with Gasteiger partial charge >= 0.3 is 0 Å². The third-order valence-corrected chi connectivity index (χ3v) is 7.31. The summed E-state index contributed by atoms with van der Waals surface area (Å²) >= 11 is 0. The predicted molar refractivity (Wildman–Crippen MR) is 89.3 cm³/mol. The highest BCUT2D eigenvalue weighted by atomic mass is 35.5. The van der Waals surface area contributed by atoms with Gasteiger partial charge in [0.05, 0.1) is 30.7 Å². The first-order valence-corrected chi connectivity index (χ1v) is 9.15. The summed E-state index contributed by atoms with van der Waals surface area (Å²) in [6.45, 7) is 6.80. The summed E-state index contributed by atoms with van der Waals surface area (Å²) in [5, 5.41) is 2.97. The minimum absolute atomic E-state index is 0. The van der Waals surface area contributed by atoms with Crippen LogP contribution >= 0.6 is 7.26 Å². The fraction of sp³-hybridized carbons (Fsp3) is 0.222. The van der Waals surface area contributed by atoms with E-state index in [9.17, 15) is 0 Å². The largest absolute Gasteiger partial charge is 1.00 e. The predicted octanol–water partition coefficient (Wildman–Crippen LogP) is 1.25. The summed E-state index contributed by atoms with van der Waals surface area (Å²) in [7, 11) is -1.30. The standard InChI is InChI=1S/C18H22P.ClH/c1-16(2)14-15-19(3,17-10-6-4-7-11-17)18-12-8-5-9-13-18;/h4-14H,15H2,1-3H3;1H/q+1;/p-1. The molecule has 0 saturated carbocycles. The van der Waals surface area contributed by atoms with Gasteiger partial charge in [0.25, 0.3) is 0 Å². The average Bonchev–Trinajstić information content (AvgIpc) is 2.46. The van der Waals surface area contributed by atoms with Crippen molar-refractivity contribution in [3.63, 3.8) is 0 Å². The molecule has 0 radical (unpaired) electrons. The molecule has 20 heavy (non-hydrogen) atoms. The van der Waals surface area contributed by atoms with E-state index in [1.165, 1.54) is 16.2 Å². The van der Waals surface area contributed by atoms with Crippen LogP contribution in [0.2, 0.25) is 0 Å². The topological polar surface area (TPSA) is 0 Å². The van der Waals surface area contributed by atoms with Crippen molar-refractivity contribution in [2.24, 2.45) is 0 Å². The Morgan fingerprint density at radius 2 is 1.25 bits per heavy atom. The Balaban J connectivity index is 0.00000200. The van der Waals surface area contributed by atoms with Crippen molar-refractivity contribution in [1.29, 1.82) is 0 Å². The second-order valence-electron chi connectivity index (χ2n) is 5.33. The van der Waals surface area contributed by atoms with Crippen molar-refractivity contribution < 1.29 is 12.4 Å². The van der Waals surface area contributed by atoms with Gasteiger partial charge in [-0.2, -0.15) is 0 Å². The molecule has 0 unspecified atom stereocenters. The van der Waals surface area contributed by atoms with E-state index in [1.807, 2.05) is 0 Å². The molecule has 0 aliphatic heterocycles. The molecule has 2 aromatic carbocycles. The Bertz CT molecular complexity index is 503. The van der Waals surface area contributed by atoms with Gasteiger partial charge in [0.15, 0.2) is 0 Å². The van der Waals surface area contributed by atoms with Gasteiger partial charge < -0.3 is 12.4 Å². The SMILES string of the molecule is CC(C)=CC[P+](C)(c1ccccc1)c1ccccc1.[Cl-]. The average molecular weight is 305 g/mol. The molecule has 0 heterocycles. The zero-order valence-corrected chi connectivity index (χ0v) is 14.0. The van der Waals surface area contributed by atoms with Crippen LogP contribution in [0.15, 0.2) is 72.3 Å². The molecule has 0 bridgehead atoms. The van der Waals surface area contributed by atoms with E-state index in [-0.39, 0.29) is 12.4 Å². The van der Waals surface area contributed by atoms with Crippen LogP contribution in [0.4, 0.5) is 0 Å². The number of rotatable bonds is 4. The summed E-state index contributed by atoms with van der Waals surface area (Å²) < 4.78 is 0. The fourth-order valence-corrected chi connectivity index (χ4v) is 5.35. The van der Waals surface area contributed by atoms with Crippen LogP contribution in [-0.2, 0) is 0 Å². The van der Waals surface area contributed by atoms with Gasteiger partial charge in [0.2, 0.25) is 0 Å². The molecule has 0 saturated heterocycles. The molecule has 0 N–H and O–H groups in total. The lowest BCUT2D eigenvalue weighted by Gasteiger charge is -2.22. The highest BCUT2D eigenvalue weighted by molar-refractivity contribution is 7.89. The van der Waals surface area contributed by atoms with Crippen molar-refractivity contribution >= 4 is 17.9 Å². The summed E-state index contributed by atoms with van der Waals surface area (Å²) in [5.41, 5.74) is 1.40. The van der Waals surface area contributed by atoms with Gasteiger partial charge in [0, 0.05) is 0 Å². The minimum atomic E-state index is -1.30. The van der Waals surface area contributed by atoms with Gasteiger partial charge in [-0.25, -0.2) is 0 Å². The molecule has 0 nitrogen and oxygen atoms in total. The number of halogens is 1. The zero-order valence-electron chi connectivity index (χ0n) is 12.4. The summed E-state index contributed by atoms with van der Waals surface area (Å²) in [6.07, 6.45) is 3.52. The van der Waals surface area contributed by atoms with Crippen LogP contribution in [-0.4, -0.2) is 12.8 Å². The van der Waals surface area contributed by atoms with E-state index < -0.39 is 7.26 Å². The monoisotopic (exact) mass is 304 g/mol. The summed E-state index contributed by atoms with van der Waals surface area (Å²) in [4.78, 5) is 0. The van der Waals surface area contributed by atoms with Crippen LogP contribution in [0.3, 0.4) is 0 Å². The van der Waals surface area contributed by atoms with Crippen LogP contribution in [0.5, 0.6) is 0 Å². The van der Waals surface area contributed by atoms with Crippen molar-refractivity contribution in [3.8, 4) is 0 Å². The van der Waals surface area contributed by atoms with E-state index in [1.54, 1.807) is 0 Å². The Morgan fingerprint density at radius 1 is 0.850 bits per heavy atom. The van der Waals surface area contributed by atoms with E-state index in [0.29, 0.717) is 0 Å². The normalized spacial score (nSPS) is 10.6. The van der Waals surface area contributed by atoms with E-state index in [4.69, 9.17) is 0 Å². The van der Waals surface area contributed by atoms with E-state index in [2.05, 4.69) is 87.3 Å². The lowest BCUT2D eigenvalue weighted by molar-refractivity contribution is -0.00000400. The number of hydrogen-bond acceptors (Lipinski definition) is 0. The Labute approximate surface area is 129 Å². The molecule has 0 aliphatic carbocycles. The second kappa shape index (κ2) is 7.62. The fourth-order valence-electron chi connectivity index (χ4n) is 2.24. The molecule has 2 heteroatoms. The lowest BCUT2D eigenvalue weighted by Crippen LogP contribution is -3.00. The maximum Gasteiger partial charge on any atom is 0.0992 e. The number of hydrogen-bond donors (Lipinski definition) is 0. The van der Waals surface area contributed by atoms with Gasteiger partial charge in [-0.15, -0.1) is 0 Å². The molecule has 2 rings (SSSR count). The number of allylic oxidation sites excluding steroid dienone is 2. The second-order valence-corrected chi connectivity index (χ2v) is 9.11. The third-order valence-electron chi connectivity index (χ3n) is 3.52. The zero-order chi connectivity index (χ0) is 13.7. The van der Waals surface area contributed by atoms with Crippen molar-refractivity contribution in [1.82, 2.24) is 0 Å². The third kappa shape index (κ3) is 3.95. The molecule has 0 atom stereocenters. The van der Waals surface area contributed by atoms with Crippen LogP contribution in [0, 0.1) is 0 Å². The van der Waals surface area contributed by atoms with Crippen LogP contribution < -0.4 is 23.0 Å². The van der Waals surface area contributed by atoms with E-state index >= 15 is 0 Å². The highest BCUT2D eigenvalue weighted by Gasteiger charge is 2.35. The van der Waals surface area contributed by atoms with Gasteiger partial charge in [0.1, 0.15) is 0 Å². The minimum Gasteiger partial charge on any atom is -1.00 e. The molecule has 106 valence electrons. The first kappa shape index (κ1) is 17.0. The Kier molecular flexibility index (Phi) is 6.46. The maximum atomic E-state index is 2.44. The Hall–Kier alpha value is -1.10. The smallest absolute Gasteiger partial charge is 0.0992 e. The van der Waals surface area contributed by atoms with Gasteiger partial charge in [-0.05, 0) is 44.2 Å². The van der Waals surface area contributed by atoms with Crippen LogP contribution in [0.25, 0.3) is 0 Å². The molecule has 2 aromatic rings. The van der Waals surface area contributed by atoms with Gasteiger partial charge in [-0.3, -0.25) is 0 Å². The highest BCUT2D eigenvalue weighted by Crippen LogP contribution is 2.52. The van der Waals surface area contributed by atoms with Crippen molar-refractivity contribution in [2.75, 3.05) is 12.8 Å². The summed E-state index contributed by atoms with van der Waals surface area (Å²) in [6, 6.07) is 21.9.